The number of pyridine rings is 1. The Labute approximate surface area is 114 Å². The van der Waals surface area contributed by atoms with E-state index >= 15 is 0 Å². The van der Waals surface area contributed by atoms with Gasteiger partial charge in [0.05, 0.1) is 5.69 Å². The molecule has 0 atom stereocenters. The monoisotopic (exact) mass is 256 g/mol. The topological polar surface area (TPSA) is 64.7 Å². The third-order valence-electron chi connectivity index (χ3n) is 3.02. The Morgan fingerprint density at radius 3 is 2.37 bits per heavy atom. The minimum atomic E-state index is -0.126. The highest BCUT2D eigenvalue weighted by Crippen LogP contribution is 2.28. The van der Waals surface area contributed by atoms with Crippen molar-refractivity contribution < 1.29 is 0 Å². The number of aryl methyl sites for hydroxylation is 1. The summed E-state index contributed by atoms with van der Waals surface area (Å²) in [6.07, 6.45) is 1.79. The first-order valence-corrected chi connectivity index (χ1v) is 6.36. The molecule has 0 fully saturated rings. The van der Waals surface area contributed by atoms with Crippen molar-refractivity contribution in [3.05, 3.63) is 35.4 Å². The van der Waals surface area contributed by atoms with Crippen molar-refractivity contribution in [2.45, 2.75) is 40.0 Å². The first-order chi connectivity index (χ1) is 8.79. The molecular formula is C15H20N4. The van der Waals surface area contributed by atoms with Crippen LogP contribution in [0.4, 0.5) is 5.82 Å². The van der Waals surface area contributed by atoms with Gasteiger partial charge in [-0.05, 0) is 26.0 Å². The second kappa shape index (κ2) is 4.61. The van der Waals surface area contributed by atoms with E-state index in [1.165, 1.54) is 0 Å². The maximum Gasteiger partial charge on any atom is 0.136 e. The molecule has 100 valence electrons. The normalized spacial score (nSPS) is 11.6. The summed E-state index contributed by atoms with van der Waals surface area (Å²) in [6, 6.07) is 3.97. The van der Waals surface area contributed by atoms with Crippen LogP contribution in [0.1, 0.15) is 37.9 Å². The first-order valence-electron chi connectivity index (χ1n) is 6.36. The van der Waals surface area contributed by atoms with Gasteiger partial charge in [-0.3, -0.25) is 4.98 Å². The number of nitrogen functional groups attached to an aromatic ring is 1. The summed E-state index contributed by atoms with van der Waals surface area (Å²) in [7, 11) is 0. The fourth-order valence-electron chi connectivity index (χ4n) is 1.84. The van der Waals surface area contributed by atoms with Crippen LogP contribution in [0.2, 0.25) is 0 Å². The van der Waals surface area contributed by atoms with Crippen LogP contribution in [0, 0.1) is 13.8 Å². The van der Waals surface area contributed by atoms with Crippen molar-refractivity contribution in [3.63, 3.8) is 0 Å². The van der Waals surface area contributed by atoms with Gasteiger partial charge in [0, 0.05) is 28.4 Å². The zero-order valence-corrected chi connectivity index (χ0v) is 12.2. The molecule has 2 aromatic heterocycles. The van der Waals surface area contributed by atoms with Crippen LogP contribution in [0.3, 0.4) is 0 Å². The largest absolute Gasteiger partial charge is 0.383 e. The molecule has 2 N–H and O–H groups in total. The molecule has 0 aliphatic heterocycles. The van der Waals surface area contributed by atoms with Crippen molar-refractivity contribution >= 4 is 5.82 Å². The van der Waals surface area contributed by atoms with Crippen molar-refractivity contribution in [2.24, 2.45) is 0 Å². The van der Waals surface area contributed by atoms with Gasteiger partial charge in [0.15, 0.2) is 0 Å². The fourth-order valence-corrected chi connectivity index (χ4v) is 1.84. The summed E-state index contributed by atoms with van der Waals surface area (Å²) < 4.78 is 0. The fraction of sp³-hybridized carbons (Fsp3) is 0.400. The quantitative estimate of drug-likeness (QED) is 0.851. The molecule has 0 aromatic carbocycles. The Morgan fingerprint density at radius 2 is 1.79 bits per heavy atom. The molecule has 2 heterocycles. The molecule has 4 heteroatoms. The molecule has 19 heavy (non-hydrogen) atoms. The van der Waals surface area contributed by atoms with E-state index in [2.05, 4.69) is 30.7 Å². The van der Waals surface area contributed by atoms with Gasteiger partial charge < -0.3 is 5.73 Å². The number of hydrogen-bond donors (Lipinski definition) is 1. The van der Waals surface area contributed by atoms with Gasteiger partial charge in [0.2, 0.25) is 0 Å². The Bertz CT molecular complexity index is 612. The Kier molecular flexibility index (Phi) is 3.27. The first kappa shape index (κ1) is 13.5. The maximum atomic E-state index is 6.03. The molecular weight excluding hydrogens is 236 g/mol. The highest BCUT2D eigenvalue weighted by Gasteiger charge is 2.20. The van der Waals surface area contributed by atoms with E-state index in [0.29, 0.717) is 5.82 Å². The molecule has 0 radical (unpaired) electrons. The van der Waals surface area contributed by atoms with Gasteiger partial charge in [-0.15, -0.1) is 0 Å². The molecule has 0 saturated heterocycles. The molecule has 2 rings (SSSR count). The summed E-state index contributed by atoms with van der Waals surface area (Å²) in [5, 5.41) is 0. The molecule has 0 saturated carbocycles. The summed E-state index contributed by atoms with van der Waals surface area (Å²) >= 11 is 0. The Morgan fingerprint density at radius 1 is 1.11 bits per heavy atom. The highest BCUT2D eigenvalue weighted by molar-refractivity contribution is 5.67. The van der Waals surface area contributed by atoms with Crippen molar-refractivity contribution in [1.29, 1.82) is 0 Å². The zero-order valence-electron chi connectivity index (χ0n) is 12.2. The van der Waals surface area contributed by atoms with Gasteiger partial charge in [-0.25, -0.2) is 9.97 Å². The van der Waals surface area contributed by atoms with Gasteiger partial charge in [-0.1, -0.05) is 20.8 Å². The summed E-state index contributed by atoms with van der Waals surface area (Å²) in [5.41, 5.74) is 9.70. The third kappa shape index (κ3) is 2.72. The van der Waals surface area contributed by atoms with Crippen LogP contribution < -0.4 is 5.73 Å². The molecule has 2 aromatic rings. The van der Waals surface area contributed by atoms with Crippen LogP contribution in [-0.2, 0) is 5.41 Å². The van der Waals surface area contributed by atoms with E-state index in [1.54, 1.807) is 6.20 Å². The molecule has 4 nitrogen and oxygen atoms in total. The lowest BCUT2D eigenvalue weighted by molar-refractivity contribution is 0.546. The smallest absolute Gasteiger partial charge is 0.136 e. The van der Waals surface area contributed by atoms with Gasteiger partial charge in [0.25, 0.3) is 0 Å². The van der Waals surface area contributed by atoms with E-state index in [9.17, 15) is 0 Å². The van der Waals surface area contributed by atoms with Crippen molar-refractivity contribution in [1.82, 2.24) is 15.0 Å². The maximum absolute atomic E-state index is 6.03. The van der Waals surface area contributed by atoms with Crippen LogP contribution >= 0.6 is 0 Å². The minimum absolute atomic E-state index is 0.126. The minimum Gasteiger partial charge on any atom is -0.383 e. The zero-order chi connectivity index (χ0) is 14.2. The predicted molar refractivity (Wildman–Crippen MR) is 77.8 cm³/mol. The van der Waals surface area contributed by atoms with Gasteiger partial charge >= 0.3 is 0 Å². The van der Waals surface area contributed by atoms with Crippen LogP contribution in [-0.4, -0.2) is 15.0 Å². The lowest BCUT2D eigenvalue weighted by Gasteiger charge is -2.19. The van der Waals surface area contributed by atoms with E-state index < -0.39 is 0 Å². The second-order valence-electron chi connectivity index (χ2n) is 5.84. The standard InChI is InChI=1S/C15H20N4/c1-9-8-11(6-7-17-9)12-10(2)13(16)19-14(18-12)15(3,4)5/h6-8H,1-5H3,(H2,16,18,19). The average molecular weight is 256 g/mol. The van der Waals surface area contributed by atoms with Gasteiger partial charge in [0.1, 0.15) is 11.6 Å². The summed E-state index contributed by atoms with van der Waals surface area (Å²) in [6.45, 7) is 10.2. The van der Waals surface area contributed by atoms with E-state index in [4.69, 9.17) is 10.7 Å². The third-order valence-corrected chi connectivity index (χ3v) is 3.02. The van der Waals surface area contributed by atoms with Crippen LogP contribution in [0.25, 0.3) is 11.3 Å². The summed E-state index contributed by atoms with van der Waals surface area (Å²) in [5.74, 6) is 1.31. The highest BCUT2D eigenvalue weighted by atomic mass is 15.0. The van der Waals surface area contributed by atoms with Crippen molar-refractivity contribution in [2.75, 3.05) is 5.73 Å². The molecule has 0 aliphatic carbocycles. The molecule has 0 spiro atoms. The number of nitrogens with zero attached hydrogens (tertiary/aromatic N) is 3. The number of rotatable bonds is 1. The SMILES string of the molecule is Cc1cc(-c2nc(C(C)(C)C)nc(N)c2C)ccn1. The lowest BCUT2D eigenvalue weighted by Crippen LogP contribution is -2.18. The Hall–Kier alpha value is -1.97. The lowest BCUT2D eigenvalue weighted by atomic mass is 9.95. The number of hydrogen-bond acceptors (Lipinski definition) is 4. The number of anilines is 1. The average Bonchev–Trinajstić information content (AvgIpc) is 2.31. The van der Waals surface area contributed by atoms with Crippen LogP contribution in [0.5, 0.6) is 0 Å². The summed E-state index contributed by atoms with van der Waals surface area (Å²) in [4.78, 5) is 13.3. The van der Waals surface area contributed by atoms with E-state index in [1.807, 2.05) is 26.0 Å². The Balaban J connectivity index is 2.66. The predicted octanol–water partition coefficient (Wildman–Crippen LogP) is 3.04. The molecule has 0 bridgehead atoms. The van der Waals surface area contributed by atoms with Crippen molar-refractivity contribution in [3.8, 4) is 11.3 Å². The van der Waals surface area contributed by atoms with Crippen LogP contribution in [0.15, 0.2) is 18.3 Å². The second-order valence-corrected chi connectivity index (χ2v) is 5.84. The van der Waals surface area contributed by atoms with Gasteiger partial charge in [-0.2, -0.15) is 0 Å². The van der Waals surface area contributed by atoms with E-state index in [-0.39, 0.29) is 5.41 Å². The number of aromatic nitrogens is 3. The van der Waals surface area contributed by atoms with E-state index in [0.717, 1.165) is 28.3 Å². The molecule has 0 aliphatic rings. The molecule has 0 amide bonds. The number of nitrogens with two attached hydrogens (primary N) is 1. The molecule has 0 unspecified atom stereocenters.